The second kappa shape index (κ2) is 9.20. The molecule has 0 aromatic rings. The Morgan fingerprint density at radius 1 is 1.31 bits per heavy atom. The lowest BCUT2D eigenvalue weighted by Crippen LogP contribution is -2.58. The number of esters is 1. The summed E-state index contributed by atoms with van der Waals surface area (Å²) in [5.74, 6) is -4.48. The molecule has 9 nitrogen and oxygen atoms in total. The summed E-state index contributed by atoms with van der Waals surface area (Å²) in [6.07, 6.45) is -4.94. The van der Waals surface area contributed by atoms with Crippen molar-refractivity contribution in [2.24, 2.45) is 17.6 Å². The lowest BCUT2D eigenvalue weighted by Gasteiger charge is -2.44. The van der Waals surface area contributed by atoms with Crippen molar-refractivity contribution >= 4 is 11.8 Å². The topological polar surface area (TPSA) is 160 Å². The molecule has 0 aliphatic carbocycles. The molecule has 6 N–H and O–H groups in total. The highest BCUT2D eigenvalue weighted by Crippen LogP contribution is 2.36. The largest absolute Gasteiger partial charge is 0.462 e. The van der Waals surface area contributed by atoms with Gasteiger partial charge in [0.1, 0.15) is 12.6 Å². The number of rotatable bonds is 8. The minimum Gasteiger partial charge on any atom is -0.462 e. The summed E-state index contributed by atoms with van der Waals surface area (Å²) in [5.41, 5.74) is 5.66. The summed E-state index contributed by atoms with van der Waals surface area (Å²) in [5, 5.41) is 40.5. The number of carbonyl (C=O) groups is 2. The third kappa shape index (κ3) is 5.70. The molecule has 0 bridgehead atoms. The van der Waals surface area contributed by atoms with Gasteiger partial charge in [-0.15, -0.1) is 0 Å². The zero-order valence-corrected chi connectivity index (χ0v) is 15.7. The molecule has 9 heteroatoms. The van der Waals surface area contributed by atoms with Gasteiger partial charge >= 0.3 is 5.97 Å². The molecule has 1 heterocycles. The van der Waals surface area contributed by atoms with Crippen molar-refractivity contribution in [1.82, 2.24) is 0 Å². The molecule has 7 atom stereocenters. The first-order valence-corrected chi connectivity index (χ1v) is 8.76. The maximum atomic E-state index is 11.7. The molecule has 0 aromatic heterocycles. The van der Waals surface area contributed by atoms with Gasteiger partial charge in [0.2, 0.25) is 5.79 Å². The van der Waals surface area contributed by atoms with Gasteiger partial charge in [-0.1, -0.05) is 13.8 Å². The van der Waals surface area contributed by atoms with E-state index in [1.165, 1.54) is 6.92 Å². The third-order valence-electron chi connectivity index (χ3n) is 4.73. The second-order valence-electron chi connectivity index (χ2n) is 7.38. The molecule has 0 amide bonds. The molecule has 1 rings (SSSR count). The number of hydrogen-bond acceptors (Lipinski definition) is 9. The van der Waals surface area contributed by atoms with Crippen LogP contribution in [0.2, 0.25) is 0 Å². The quantitative estimate of drug-likeness (QED) is 0.324. The van der Waals surface area contributed by atoms with Gasteiger partial charge in [-0.2, -0.15) is 0 Å². The molecule has 26 heavy (non-hydrogen) atoms. The van der Waals surface area contributed by atoms with E-state index in [2.05, 4.69) is 0 Å². The monoisotopic (exact) mass is 377 g/mol. The molecule has 0 spiro atoms. The fourth-order valence-corrected chi connectivity index (χ4v) is 2.99. The molecule has 0 saturated carbocycles. The Kier molecular flexibility index (Phi) is 8.12. The van der Waals surface area contributed by atoms with Crippen LogP contribution in [0.5, 0.6) is 0 Å². The normalized spacial score (nSPS) is 32.8. The van der Waals surface area contributed by atoms with Gasteiger partial charge in [-0.3, -0.25) is 9.59 Å². The van der Waals surface area contributed by atoms with Crippen molar-refractivity contribution in [3.8, 4) is 0 Å². The molecule has 1 aliphatic rings. The Morgan fingerprint density at radius 2 is 1.88 bits per heavy atom. The standard InChI is InChI=1S/C17H31NO8/c1-8(2)15(18)16(23)25-7-11(21)5-13-14(9(3)19)12(22)6-17(24,26-13)10(4)20/h8-9,11-15,19,21-22,24H,5-7,18H2,1-4H3/t9-,11+,12?,13?,14?,15+,17?/m1/s1. The van der Waals surface area contributed by atoms with Crippen LogP contribution in [-0.4, -0.2) is 75.0 Å². The van der Waals surface area contributed by atoms with E-state index in [0.717, 1.165) is 6.92 Å². The van der Waals surface area contributed by atoms with E-state index in [1.54, 1.807) is 13.8 Å². The van der Waals surface area contributed by atoms with Gasteiger partial charge in [0.25, 0.3) is 0 Å². The zero-order valence-electron chi connectivity index (χ0n) is 15.7. The minimum absolute atomic E-state index is 0.123. The van der Waals surface area contributed by atoms with Crippen LogP contribution in [0.4, 0.5) is 0 Å². The Morgan fingerprint density at radius 3 is 2.35 bits per heavy atom. The lowest BCUT2D eigenvalue weighted by molar-refractivity contribution is -0.285. The van der Waals surface area contributed by atoms with Crippen LogP contribution in [0.15, 0.2) is 0 Å². The highest BCUT2D eigenvalue weighted by Gasteiger charge is 2.50. The molecule has 4 unspecified atom stereocenters. The highest BCUT2D eigenvalue weighted by molar-refractivity contribution is 5.83. The van der Waals surface area contributed by atoms with Gasteiger partial charge in [-0.25, -0.2) is 0 Å². The Balaban J connectivity index is 2.75. The number of Topliss-reactive ketones (excluding diaryl/α,β-unsaturated/α-hetero) is 1. The number of ketones is 1. The molecule has 1 aliphatic heterocycles. The van der Waals surface area contributed by atoms with Gasteiger partial charge < -0.3 is 35.6 Å². The van der Waals surface area contributed by atoms with Gasteiger partial charge in [-0.05, 0) is 12.8 Å². The van der Waals surface area contributed by atoms with Crippen molar-refractivity contribution in [1.29, 1.82) is 0 Å². The van der Waals surface area contributed by atoms with Crippen molar-refractivity contribution in [2.45, 2.75) is 76.8 Å². The lowest BCUT2D eigenvalue weighted by atomic mass is 9.81. The van der Waals surface area contributed by atoms with Crippen molar-refractivity contribution in [3.63, 3.8) is 0 Å². The predicted octanol–water partition coefficient (Wildman–Crippen LogP) is -1.31. The minimum atomic E-state index is -2.19. The van der Waals surface area contributed by atoms with E-state index in [1.807, 2.05) is 0 Å². The van der Waals surface area contributed by atoms with E-state index >= 15 is 0 Å². The summed E-state index contributed by atoms with van der Waals surface area (Å²) in [6.45, 7) is 5.72. The molecular formula is C17H31NO8. The van der Waals surface area contributed by atoms with Crippen LogP contribution in [0.25, 0.3) is 0 Å². The molecule has 0 aromatic carbocycles. The van der Waals surface area contributed by atoms with Gasteiger partial charge in [0, 0.05) is 25.7 Å². The van der Waals surface area contributed by atoms with Gasteiger partial charge in [0.05, 0.1) is 24.4 Å². The summed E-state index contributed by atoms with van der Waals surface area (Å²) < 4.78 is 10.4. The summed E-state index contributed by atoms with van der Waals surface area (Å²) in [4.78, 5) is 23.4. The van der Waals surface area contributed by atoms with Crippen molar-refractivity contribution in [2.75, 3.05) is 6.61 Å². The number of hydrogen-bond donors (Lipinski definition) is 5. The zero-order chi connectivity index (χ0) is 20.2. The maximum Gasteiger partial charge on any atom is 0.323 e. The molecule has 1 fully saturated rings. The smallest absolute Gasteiger partial charge is 0.323 e. The SMILES string of the molecule is CC(=O)C1(O)CC(O)C([C@@H](C)O)C(C[C@H](O)COC(=O)[C@@H](N)C(C)C)O1. The molecule has 1 saturated heterocycles. The van der Waals surface area contributed by atoms with E-state index in [9.17, 15) is 30.0 Å². The summed E-state index contributed by atoms with van der Waals surface area (Å²) in [7, 11) is 0. The van der Waals surface area contributed by atoms with E-state index in [4.69, 9.17) is 15.2 Å². The fourth-order valence-electron chi connectivity index (χ4n) is 2.99. The summed E-state index contributed by atoms with van der Waals surface area (Å²) >= 11 is 0. The van der Waals surface area contributed by atoms with Crippen LogP contribution < -0.4 is 5.73 Å². The van der Waals surface area contributed by atoms with E-state index in [-0.39, 0.29) is 25.4 Å². The number of nitrogens with two attached hydrogens (primary N) is 1. The van der Waals surface area contributed by atoms with Crippen LogP contribution in [0.3, 0.4) is 0 Å². The van der Waals surface area contributed by atoms with Crippen LogP contribution in [-0.2, 0) is 19.1 Å². The summed E-state index contributed by atoms with van der Waals surface area (Å²) in [6, 6.07) is -0.817. The molecular weight excluding hydrogens is 346 g/mol. The number of ether oxygens (including phenoxy) is 2. The number of aliphatic hydroxyl groups is 4. The first-order valence-electron chi connectivity index (χ1n) is 8.76. The van der Waals surface area contributed by atoms with Crippen molar-refractivity contribution < 1.29 is 39.5 Å². The van der Waals surface area contributed by atoms with Crippen molar-refractivity contribution in [3.05, 3.63) is 0 Å². The van der Waals surface area contributed by atoms with Gasteiger partial charge in [0.15, 0.2) is 5.78 Å². The fraction of sp³-hybridized carbons (Fsp3) is 0.882. The average molecular weight is 377 g/mol. The first kappa shape index (κ1) is 22.9. The highest BCUT2D eigenvalue weighted by atomic mass is 16.6. The van der Waals surface area contributed by atoms with Crippen LogP contribution in [0, 0.1) is 11.8 Å². The predicted molar refractivity (Wildman–Crippen MR) is 90.7 cm³/mol. The molecule has 152 valence electrons. The Hall–Kier alpha value is -1.10. The van der Waals surface area contributed by atoms with Crippen LogP contribution in [0.1, 0.15) is 40.5 Å². The second-order valence-corrected chi connectivity index (χ2v) is 7.38. The maximum absolute atomic E-state index is 11.7. The first-order chi connectivity index (χ1) is 11.9. The number of aliphatic hydroxyl groups excluding tert-OH is 3. The number of carbonyl (C=O) groups excluding carboxylic acids is 2. The van der Waals surface area contributed by atoms with E-state index < -0.39 is 53.9 Å². The Labute approximate surface area is 153 Å². The molecule has 0 radical (unpaired) electrons. The third-order valence-corrected chi connectivity index (χ3v) is 4.73. The van der Waals surface area contributed by atoms with Crippen LogP contribution >= 0.6 is 0 Å². The Bertz CT molecular complexity index is 497. The average Bonchev–Trinajstić information content (AvgIpc) is 2.50. The van der Waals surface area contributed by atoms with E-state index in [0.29, 0.717) is 0 Å².